The van der Waals surface area contributed by atoms with Gasteiger partial charge in [0.15, 0.2) is 0 Å². The number of aliphatic hydroxyl groups excluding tert-OH is 1. The quantitative estimate of drug-likeness (QED) is 0.909. The molecule has 2 aromatic rings. The van der Waals surface area contributed by atoms with Gasteiger partial charge in [-0.15, -0.1) is 0 Å². The van der Waals surface area contributed by atoms with E-state index in [0.29, 0.717) is 18.1 Å². The molecule has 0 aliphatic carbocycles. The summed E-state index contributed by atoms with van der Waals surface area (Å²) in [6, 6.07) is 5.72. The van der Waals surface area contributed by atoms with Gasteiger partial charge in [-0.1, -0.05) is 19.0 Å². The van der Waals surface area contributed by atoms with Gasteiger partial charge in [0.2, 0.25) is 11.7 Å². The fourth-order valence-corrected chi connectivity index (χ4v) is 2.07. The van der Waals surface area contributed by atoms with E-state index in [1.54, 1.807) is 7.11 Å². The number of aryl methyl sites for hydroxylation is 1. The molecule has 1 heterocycles. The molecule has 0 spiro atoms. The van der Waals surface area contributed by atoms with Crippen molar-refractivity contribution in [1.29, 1.82) is 0 Å². The Hall–Kier alpha value is -1.88. The summed E-state index contributed by atoms with van der Waals surface area (Å²) in [5.74, 6) is 1.65. The molecular formula is C15H20N2O3. The monoisotopic (exact) mass is 276 g/mol. The predicted octanol–water partition coefficient (Wildman–Crippen LogP) is 2.93. The fraction of sp³-hybridized carbons (Fsp3) is 0.467. The summed E-state index contributed by atoms with van der Waals surface area (Å²) in [7, 11) is 1.64. The van der Waals surface area contributed by atoms with Crippen LogP contribution < -0.4 is 4.74 Å². The molecule has 108 valence electrons. The molecule has 0 saturated carbocycles. The van der Waals surface area contributed by atoms with Crippen LogP contribution in [-0.2, 0) is 0 Å². The van der Waals surface area contributed by atoms with E-state index in [2.05, 4.69) is 10.1 Å². The molecule has 2 rings (SSSR count). The molecule has 0 aliphatic rings. The van der Waals surface area contributed by atoms with Crippen molar-refractivity contribution in [3.05, 3.63) is 29.7 Å². The third kappa shape index (κ3) is 2.82. The first-order valence-corrected chi connectivity index (χ1v) is 6.73. The number of rotatable bonds is 5. The molecule has 1 aromatic carbocycles. The highest BCUT2D eigenvalue weighted by molar-refractivity contribution is 5.58. The molecule has 5 heteroatoms. The Morgan fingerprint density at radius 2 is 2.15 bits per heavy atom. The Kier molecular flexibility index (Phi) is 4.39. The smallest absolute Gasteiger partial charge is 0.232 e. The van der Waals surface area contributed by atoms with Crippen LogP contribution in [0.1, 0.15) is 37.6 Å². The van der Waals surface area contributed by atoms with Gasteiger partial charge in [-0.2, -0.15) is 4.98 Å². The van der Waals surface area contributed by atoms with Crippen LogP contribution in [0.3, 0.4) is 0 Å². The number of aromatic nitrogens is 2. The van der Waals surface area contributed by atoms with Gasteiger partial charge in [0, 0.05) is 5.56 Å². The summed E-state index contributed by atoms with van der Waals surface area (Å²) in [6.07, 6.45) is 0.182. The summed E-state index contributed by atoms with van der Waals surface area (Å²) in [4.78, 5) is 4.37. The maximum atomic E-state index is 9.83. The average molecular weight is 276 g/mol. The van der Waals surface area contributed by atoms with Crippen LogP contribution in [0.2, 0.25) is 0 Å². The maximum absolute atomic E-state index is 9.83. The standard InChI is InChI=1S/C15H20N2O3/c1-5-12(18)10(3)15-16-14(17-20-15)11-6-7-13(19-4)9(2)8-11/h6-8,10,12,18H,5H2,1-4H3. The molecule has 1 aromatic heterocycles. The number of aliphatic hydroxyl groups is 1. The fourth-order valence-electron chi connectivity index (χ4n) is 2.07. The van der Waals surface area contributed by atoms with Crippen molar-refractivity contribution < 1.29 is 14.4 Å². The minimum absolute atomic E-state index is 0.166. The van der Waals surface area contributed by atoms with Crippen molar-refractivity contribution in [2.75, 3.05) is 7.11 Å². The minimum Gasteiger partial charge on any atom is -0.496 e. The second kappa shape index (κ2) is 6.05. The molecule has 20 heavy (non-hydrogen) atoms. The van der Waals surface area contributed by atoms with E-state index < -0.39 is 6.10 Å². The Morgan fingerprint density at radius 3 is 2.75 bits per heavy atom. The van der Waals surface area contributed by atoms with Crippen LogP contribution in [0.25, 0.3) is 11.4 Å². The molecule has 0 fully saturated rings. The van der Waals surface area contributed by atoms with Crippen molar-refractivity contribution in [3.8, 4) is 17.1 Å². The largest absolute Gasteiger partial charge is 0.496 e. The molecule has 0 amide bonds. The van der Waals surface area contributed by atoms with Gasteiger partial charge in [-0.3, -0.25) is 0 Å². The van der Waals surface area contributed by atoms with Gasteiger partial charge in [-0.25, -0.2) is 0 Å². The third-order valence-corrected chi connectivity index (χ3v) is 3.48. The number of methoxy groups -OCH3 is 1. The highest BCUT2D eigenvalue weighted by atomic mass is 16.5. The summed E-state index contributed by atoms with van der Waals surface area (Å²) >= 11 is 0. The van der Waals surface area contributed by atoms with E-state index in [9.17, 15) is 5.11 Å². The molecule has 0 aliphatic heterocycles. The van der Waals surface area contributed by atoms with Crippen LogP contribution in [0.5, 0.6) is 5.75 Å². The lowest BCUT2D eigenvalue weighted by Gasteiger charge is -2.11. The third-order valence-electron chi connectivity index (χ3n) is 3.48. The van der Waals surface area contributed by atoms with Crippen molar-refractivity contribution in [2.45, 2.75) is 39.2 Å². The molecular weight excluding hydrogens is 256 g/mol. The first kappa shape index (κ1) is 14.5. The van der Waals surface area contributed by atoms with Gasteiger partial charge in [0.1, 0.15) is 5.75 Å². The second-order valence-electron chi connectivity index (χ2n) is 4.90. The summed E-state index contributed by atoms with van der Waals surface area (Å²) in [5.41, 5.74) is 1.88. The van der Waals surface area contributed by atoms with Gasteiger partial charge < -0.3 is 14.4 Å². The normalized spacial score (nSPS) is 14.1. The van der Waals surface area contributed by atoms with E-state index in [-0.39, 0.29) is 5.92 Å². The number of hydrogen-bond acceptors (Lipinski definition) is 5. The van der Waals surface area contributed by atoms with E-state index in [1.807, 2.05) is 39.0 Å². The van der Waals surface area contributed by atoms with Gasteiger partial charge in [0.05, 0.1) is 19.1 Å². The van der Waals surface area contributed by atoms with E-state index in [0.717, 1.165) is 16.9 Å². The summed E-state index contributed by atoms with van der Waals surface area (Å²) < 4.78 is 10.5. The topological polar surface area (TPSA) is 68.4 Å². The number of ether oxygens (including phenoxy) is 1. The first-order valence-electron chi connectivity index (χ1n) is 6.73. The lowest BCUT2D eigenvalue weighted by molar-refractivity contribution is 0.129. The minimum atomic E-state index is -0.471. The Bertz CT molecular complexity index is 580. The van der Waals surface area contributed by atoms with Crippen LogP contribution in [0.15, 0.2) is 22.7 Å². The molecule has 5 nitrogen and oxygen atoms in total. The van der Waals surface area contributed by atoms with Crippen molar-refractivity contribution in [3.63, 3.8) is 0 Å². The van der Waals surface area contributed by atoms with Crippen LogP contribution in [-0.4, -0.2) is 28.5 Å². The number of benzene rings is 1. The van der Waals surface area contributed by atoms with Gasteiger partial charge in [0.25, 0.3) is 0 Å². The van der Waals surface area contributed by atoms with Crippen LogP contribution in [0.4, 0.5) is 0 Å². The van der Waals surface area contributed by atoms with E-state index in [4.69, 9.17) is 9.26 Å². The molecule has 2 atom stereocenters. The highest BCUT2D eigenvalue weighted by Gasteiger charge is 2.21. The predicted molar refractivity (Wildman–Crippen MR) is 75.7 cm³/mol. The molecule has 0 radical (unpaired) electrons. The van der Waals surface area contributed by atoms with Gasteiger partial charge in [-0.05, 0) is 37.1 Å². The maximum Gasteiger partial charge on any atom is 0.232 e. The molecule has 1 N–H and O–H groups in total. The number of hydrogen-bond donors (Lipinski definition) is 1. The summed E-state index contributed by atoms with van der Waals surface area (Å²) in [6.45, 7) is 5.77. The molecule has 2 unspecified atom stereocenters. The Balaban J connectivity index is 2.26. The lowest BCUT2D eigenvalue weighted by atomic mass is 10.0. The zero-order valence-corrected chi connectivity index (χ0v) is 12.3. The van der Waals surface area contributed by atoms with E-state index in [1.165, 1.54) is 0 Å². The van der Waals surface area contributed by atoms with Crippen molar-refractivity contribution in [2.24, 2.45) is 0 Å². The summed E-state index contributed by atoms with van der Waals surface area (Å²) in [5, 5.41) is 13.8. The average Bonchev–Trinajstić information content (AvgIpc) is 2.95. The second-order valence-corrected chi connectivity index (χ2v) is 4.90. The Morgan fingerprint density at radius 1 is 1.40 bits per heavy atom. The first-order chi connectivity index (χ1) is 9.56. The van der Waals surface area contributed by atoms with Crippen LogP contribution in [0, 0.1) is 6.92 Å². The van der Waals surface area contributed by atoms with Crippen molar-refractivity contribution >= 4 is 0 Å². The molecule has 0 saturated heterocycles. The van der Waals surface area contributed by atoms with Crippen LogP contribution >= 0.6 is 0 Å². The van der Waals surface area contributed by atoms with E-state index >= 15 is 0 Å². The zero-order valence-electron chi connectivity index (χ0n) is 12.3. The lowest BCUT2D eigenvalue weighted by Crippen LogP contribution is -2.14. The Labute approximate surface area is 118 Å². The zero-order chi connectivity index (χ0) is 14.7. The van der Waals surface area contributed by atoms with Gasteiger partial charge >= 0.3 is 0 Å². The number of nitrogens with zero attached hydrogens (tertiary/aromatic N) is 2. The highest BCUT2D eigenvalue weighted by Crippen LogP contribution is 2.26. The molecule has 0 bridgehead atoms. The van der Waals surface area contributed by atoms with Crippen molar-refractivity contribution in [1.82, 2.24) is 10.1 Å². The SMILES string of the molecule is CCC(O)C(C)c1nc(-c2ccc(OC)c(C)c2)no1.